The summed E-state index contributed by atoms with van der Waals surface area (Å²) in [5.41, 5.74) is 2.41. The lowest BCUT2D eigenvalue weighted by atomic mass is 10.0. The number of benzene rings is 2. The number of aromatic hydroxyl groups is 1. The lowest BCUT2D eigenvalue weighted by molar-refractivity contribution is -0.304. The highest BCUT2D eigenvalue weighted by Crippen LogP contribution is 2.23. The van der Waals surface area contributed by atoms with Gasteiger partial charge in [-0.15, -0.1) is 0 Å². The van der Waals surface area contributed by atoms with Gasteiger partial charge in [0, 0.05) is 12.4 Å². The van der Waals surface area contributed by atoms with Crippen LogP contribution in [-0.2, 0) is 11.2 Å². The number of carboxylic acids is 1. The minimum absolute atomic E-state index is 0.105. The lowest BCUT2D eigenvalue weighted by Crippen LogP contribution is -2.24. The molecule has 86 valence electrons. The molecule has 0 bridgehead atoms. The number of phenols is 1. The number of carbonyl (C=O) groups is 1. The average Bonchev–Trinajstić information content (AvgIpc) is 2.28. The third-order valence-electron chi connectivity index (χ3n) is 2.45. The number of carbonyl (C=O) groups excluding carboxylic acids is 1. The van der Waals surface area contributed by atoms with Crippen LogP contribution in [-0.4, -0.2) is 11.1 Å². The number of rotatable bonds is 3. The molecule has 2 rings (SSSR count). The van der Waals surface area contributed by atoms with Crippen LogP contribution in [0.1, 0.15) is 5.56 Å². The fourth-order valence-corrected chi connectivity index (χ4v) is 1.71. The highest BCUT2D eigenvalue weighted by Gasteiger charge is 2.00. The van der Waals surface area contributed by atoms with Crippen LogP contribution in [0.25, 0.3) is 11.1 Å². The highest BCUT2D eigenvalue weighted by molar-refractivity contribution is 5.71. The van der Waals surface area contributed by atoms with Crippen molar-refractivity contribution >= 4 is 5.97 Å². The van der Waals surface area contributed by atoms with Crippen molar-refractivity contribution in [1.29, 1.82) is 0 Å². The first-order valence-corrected chi connectivity index (χ1v) is 5.23. The molecule has 0 heterocycles. The molecule has 0 unspecified atom stereocenters. The van der Waals surface area contributed by atoms with Crippen LogP contribution in [0.5, 0.6) is 5.75 Å². The van der Waals surface area contributed by atoms with Crippen LogP contribution in [0.3, 0.4) is 0 Å². The summed E-state index contributed by atoms with van der Waals surface area (Å²) in [4.78, 5) is 10.5. The van der Waals surface area contributed by atoms with E-state index in [0.717, 1.165) is 11.1 Å². The monoisotopic (exact) mass is 227 g/mol. The van der Waals surface area contributed by atoms with Gasteiger partial charge < -0.3 is 15.0 Å². The Morgan fingerprint density at radius 1 is 1.06 bits per heavy atom. The summed E-state index contributed by atoms with van der Waals surface area (Å²) in [7, 11) is 0. The first-order chi connectivity index (χ1) is 8.15. The van der Waals surface area contributed by atoms with Crippen molar-refractivity contribution in [2.24, 2.45) is 0 Å². The van der Waals surface area contributed by atoms with E-state index >= 15 is 0 Å². The number of hydrogen-bond donors (Lipinski definition) is 1. The minimum atomic E-state index is -1.10. The van der Waals surface area contributed by atoms with Gasteiger partial charge in [-0.1, -0.05) is 36.4 Å². The molecule has 0 amide bonds. The zero-order valence-electron chi connectivity index (χ0n) is 9.09. The summed E-state index contributed by atoms with van der Waals surface area (Å²) >= 11 is 0. The van der Waals surface area contributed by atoms with E-state index in [1.165, 1.54) is 0 Å². The van der Waals surface area contributed by atoms with Crippen molar-refractivity contribution in [3.63, 3.8) is 0 Å². The van der Waals surface area contributed by atoms with Crippen molar-refractivity contribution in [3.05, 3.63) is 54.1 Å². The third kappa shape index (κ3) is 2.84. The molecule has 17 heavy (non-hydrogen) atoms. The summed E-state index contributed by atoms with van der Waals surface area (Å²) in [6.07, 6.45) is -0.105. The zero-order valence-corrected chi connectivity index (χ0v) is 9.09. The number of carboxylic acid groups (broad SMARTS) is 1. The fourth-order valence-electron chi connectivity index (χ4n) is 1.71. The molecule has 0 fully saturated rings. The van der Waals surface area contributed by atoms with E-state index in [0.29, 0.717) is 5.56 Å². The van der Waals surface area contributed by atoms with Gasteiger partial charge in [-0.25, -0.2) is 0 Å². The quantitative estimate of drug-likeness (QED) is 0.861. The minimum Gasteiger partial charge on any atom is -0.550 e. The Hall–Kier alpha value is -2.29. The lowest BCUT2D eigenvalue weighted by Gasteiger charge is -2.06. The summed E-state index contributed by atoms with van der Waals surface area (Å²) < 4.78 is 0. The maximum Gasteiger partial charge on any atom is 0.116 e. The van der Waals surface area contributed by atoms with E-state index in [1.807, 2.05) is 12.1 Å². The van der Waals surface area contributed by atoms with Gasteiger partial charge in [0.25, 0.3) is 0 Å². The first-order valence-electron chi connectivity index (χ1n) is 5.23. The van der Waals surface area contributed by atoms with E-state index in [2.05, 4.69) is 0 Å². The summed E-state index contributed by atoms with van der Waals surface area (Å²) in [6, 6.07) is 14.0. The molecule has 0 saturated carbocycles. The standard InChI is InChI=1S/C14H12O3/c15-13-6-2-5-12(9-13)11-4-1-3-10(7-11)8-14(16)17/h1-7,9,15H,8H2,(H,16,17)/p-1. The van der Waals surface area contributed by atoms with Crippen molar-refractivity contribution in [1.82, 2.24) is 0 Å². The van der Waals surface area contributed by atoms with Crippen LogP contribution in [0.2, 0.25) is 0 Å². The second-order valence-electron chi connectivity index (χ2n) is 3.80. The first kappa shape index (κ1) is 11.2. The molecule has 0 aliphatic carbocycles. The molecule has 0 saturated heterocycles. The molecule has 3 heteroatoms. The normalized spacial score (nSPS) is 10.1. The summed E-state index contributed by atoms with van der Waals surface area (Å²) in [6.45, 7) is 0. The van der Waals surface area contributed by atoms with Gasteiger partial charge in [-0.05, 0) is 28.8 Å². The molecule has 0 aliphatic rings. The third-order valence-corrected chi connectivity index (χ3v) is 2.45. The molecule has 0 radical (unpaired) electrons. The smallest absolute Gasteiger partial charge is 0.116 e. The largest absolute Gasteiger partial charge is 0.550 e. The molecule has 1 N–H and O–H groups in total. The SMILES string of the molecule is O=C([O-])Cc1cccc(-c2cccc(O)c2)c1. The Morgan fingerprint density at radius 3 is 2.35 bits per heavy atom. The molecule has 0 atom stereocenters. The van der Waals surface area contributed by atoms with Gasteiger partial charge in [0.05, 0.1) is 0 Å². The molecule has 0 aliphatic heterocycles. The number of hydrogen-bond acceptors (Lipinski definition) is 3. The predicted octanol–water partition coefficient (Wildman–Crippen LogP) is 1.35. The van der Waals surface area contributed by atoms with E-state index in [-0.39, 0.29) is 12.2 Å². The van der Waals surface area contributed by atoms with Crippen LogP contribution in [0, 0.1) is 0 Å². The van der Waals surface area contributed by atoms with E-state index in [9.17, 15) is 15.0 Å². The summed E-state index contributed by atoms with van der Waals surface area (Å²) in [5.74, 6) is -0.911. The van der Waals surface area contributed by atoms with Crippen molar-refractivity contribution in [3.8, 4) is 16.9 Å². The topological polar surface area (TPSA) is 60.4 Å². The molecular formula is C14H11O3-. The Bertz CT molecular complexity index is 547. The van der Waals surface area contributed by atoms with E-state index in [4.69, 9.17) is 0 Å². The molecular weight excluding hydrogens is 216 g/mol. The Labute approximate surface area is 99.0 Å². The number of phenolic OH excluding ortho intramolecular Hbond substituents is 1. The van der Waals surface area contributed by atoms with Crippen molar-refractivity contribution < 1.29 is 15.0 Å². The molecule has 0 spiro atoms. The van der Waals surface area contributed by atoms with Gasteiger partial charge in [0.2, 0.25) is 0 Å². The van der Waals surface area contributed by atoms with Gasteiger partial charge in [-0.3, -0.25) is 0 Å². The Kier molecular flexibility index (Phi) is 3.10. The molecule has 2 aromatic rings. The van der Waals surface area contributed by atoms with Gasteiger partial charge in [0.1, 0.15) is 5.75 Å². The van der Waals surface area contributed by atoms with Gasteiger partial charge in [-0.2, -0.15) is 0 Å². The Balaban J connectivity index is 2.36. The van der Waals surface area contributed by atoms with Crippen LogP contribution >= 0.6 is 0 Å². The summed E-state index contributed by atoms with van der Waals surface area (Å²) in [5, 5.41) is 19.9. The predicted molar refractivity (Wildman–Crippen MR) is 62.3 cm³/mol. The fraction of sp³-hybridized carbons (Fsp3) is 0.0714. The zero-order chi connectivity index (χ0) is 12.3. The van der Waals surface area contributed by atoms with Crippen molar-refractivity contribution in [2.45, 2.75) is 6.42 Å². The second kappa shape index (κ2) is 4.70. The number of aliphatic carboxylic acids is 1. The average molecular weight is 227 g/mol. The van der Waals surface area contributed by atoms with Gasteiger partial charge >= 0.3 is 0 Å². The van der Waals surface area contributed by atoms with Crippen molar-refractivity contribution in [2.75, 3.05) is 0 Å². The molecule has 0 aromatic heterocycles. The highest BCUT2D eigenvalue weighted by atomic mass is 16.4. The maximum atomic E-state index is 10.5. The maximum absolute atomic E-state index is 10.5. The van der Waals surface area contributed by atoms with Crippen LogP contribution in [0.15, 0.2) is 48.5 Å². The Morgan fingerprint density at radius 2 is 1.71 bits per heavy atom. The second-order valence-corrected chi connectivity index (χ2v) is 3.80. The van der Waals surface area contributed by atoms with E-state index in [1.54, 1.807) is 36.4 Å². The molecule has 2 aromatic carbocycles. The van der Waals surface area contributed by atoms with Crippen LogP contribution in [0.4, 0.5) is 0 Å². The van der Waals surface area contributed by atoms with E-state index < -0.39 is 5.97 Å². The van der Waals surface area contributed by atoms with Gasteiger partial charge in [0.15, 0.2) is 0 Å². The van der Waals surface area contributed by atoms with Crippen LogP contribution < -0.4 is 5.11 Å². The molecule has 3 nitrogen and oxygen atoms in total.